The van der Waals surface area contributed by atoms with Gasteiger partial charge in [0.2, 0.25) is 15.9 Å². The second-order valence-corrected chi connectivity index (χ2v) is 7.96. The average Bonchev–Trinajstić information content (AvgIpc) is 2.89. The first-order chi connectivity index (χ1) is 11.7. The number of amides is 2. The summed E-state index contributed by atoms with van der Waals surface area (Å²) in [6.45, 7) is 2.31. The van der Waals surface area contributed by atoms with Crippen LogP contribution in [0.4, 0.5) is 0 Å². The van der Waals surface area contributed by atoms with Gasteiger partial charge in [0, 0.05) is 50.3 Å². The average molecular weight is 385 g/mol. The molecule has 8 nitrogen and oxygen atoms in total. The number of primary amides is 1. The maximum absolute atomic E-state index is 13.2. The topological polar surface area (TPSA) is 106 Å². The van der Waals surface area contributed by atoms with Gasteiger partial charge in [-0.15, -0.1) is 0 Å². The minimum atomic E-state index is -4.00. The summed E-state index contributed by atoms with van der Waals surface area (Å²) >= 11 is 6.15. The molecule has 1 aromatic heterocycles. The predicted molar refractivity (Wildman–Crippen MR) is 92.7 cm³/mol. The standard InChI is InChI=1S/C15H17ClN4O4S/c1-10(21)18-6-8-19(9-7-18)25(23,24)14-11-4-2-3-5-12(11)20(16)13(14)15(17)22/h2-5H,6-9H2,1H3,(H2,17,22). The van der Waals surface area contributed by atoms with E-state index < -0.39 is 15.9 Å². The third-order valence-corrected chi connectivity index (χ3v) is 6.61. The number of nitrogens with zero attached hydrogens (tertiary/aromatic N) is 3. The third-order valence-electron chi connectivity index (χ3n) is 4.29. The van der Waals surface area contributed by atoms with Crippen molar-refractivity contribution in [3.63, 3.8) is 0 Å². The lowest BCUT2D eigenvalue weighted by atomic mass is 10.2. The number of carbonyl (C=O) groups excluding carboxylic acids is 2. The van der Waals surface area contributed by atoms with E-state index in [1.54, 1.807) is 29.2 Å². The molecule has 1 fully saturated rings. The van der Waals surface area contributed by atoms with Crippen LogP contribution in [0.15, 0.2) is 29.2 Å². The van der Waals surface area contributed by atoms with Crippen molar-refractivity contribution in [3.05, 3.63) is 30.0 Å². The fourth-order valence-corrected chi connectivity index (χ4v) is 5.17. The van der Waals surface area contributed by atoms with Crippen LogP contribution >= 0.6 is 11.8 Å². The number of hydrogen-bond acceptors (Lipinski definition) is 4. The predicted octanol–water partition coefficient (Wildman–Crippen LogP) is 0.595. The van der Waals surface area contributed by atoms with E-state index in [9.17, 15) is 18.0 Å². The number of piperazine rings is 1. The van der Waals surface area contributed by atoms with Gasteiger partial charge in [0.15, 0.2) is 0 Å². The first-order valence-corrected chi connectivity index (χ1v) is 9.38. The van der Waals surface area contributed by atoms with Crippen LogP contribution in [0, 0.1) is 0 Å². The number of rotatable bonds is 3. The van der Waals surface area contributed by atoms with Crippen LogP contribution in [0.5, 0.6) is 0 Å². The van der Waals surface area contributed by atoms with Gasteiger partial charge in [0.25, 0.3) is 5.91 Å². The Balaban J connectivity index is 2.11. The smallest absolute Gasteiger partial charge is 0.268 e. The van der Waals surface area contributed by atoms with Crippen LogP contribution in [-0.2, 0) is 14.8 Å². The van der Waals surface area contributed by atoms with Crippen LogP contribution in [0.2, 0.25) is 0 Å². The SMILES string of the molecule is CC(=O)N1CCN(S(=O)(=O)c2c(C(N)=O)n(Cl)c3ccccc23)CC1. The number of aromatic nitrogens is 1. The quantitative estimate of drug-likeness (QED) is 0.836. The normalized spacial score (nSPS) is 16.3. The zero-order valence-corrected chi connectivity index (χ0v) is 15.0. The van der Waals surface area contributed by atoms with Crippen LogP contribution in [-0.4, -0.2) is 59.7 Å². The van der Waals surface area contributed by atoms with Crippen molar-refractivity contribution in [2.45, 2.75) is 11.8 Å². The van der Waals surface area contributed by atoms with Gasteiger partial charge in [-0.1, -0.05) is 18.2 Å². The highest BCUT2D eigenvalue weighted by Crippen LogP contribution is 2.33. The Hall–Kier alpha value is -2.10. The van der Waals surface area contributed by atoms with Crippen LogP contribution in [0.25, 0.3) is 10.9 Å². The molecule has 2 heterocycles. The molecule has 3 rings (SSSR count). The van der Waals surface area contributed by atoms with Gasteiger partial charge < -0.3 is 10.6 Å². The molecular weight excluding hydrogens is 368 g/mol. The van der Waals surface area contributed by atoms with E-state index in [1.807, 2.05) is 0 Å². The van der Waals surface area contributed by atoms with Gasteiger partial charge in [-0.3, -0.25) is 9.59 Å². The zero-order valence-electron chi connectivity index (χ0n) is 13.5. The molecule has 2 N–H and O–H groups in total. The van der Waals surface area contributed by atoms with Crippen molar-refractivity contribution in [2.75, 3.05) is 26.2 Å². The van der Waals surface area contributed by atoms with Gasteiger partial charge >= 0.3 is 0 Å². The van der Waals surface area contributed by atoms with Crippen molar-refractivity contribution in [3.8, 4) is 0 Å². The van der Waals surface area contributed by atoms with Crippen LogP contribution in [0.1, 0.15) is 17.4 Å². The Morgan fingerprint density at radius 3 is 2.28 bits per heavy atom. The molecule has 134 valence electrons. The highest BCUT2D eigenvalue weighted by molar-refractivity contribution is 7.89. The van der Waals surface area contributed by atoms with E-state index >= 15 is 0 Å². The molecule has 10 heteroatoms. The molecule has 1 aliphatic rings. The lowest BCUT2D eigenvalue weighted by Gasteiger charge is -2.33. The summed E-state index contributed by atoms with van der Waals surface area (Å²) < 4.78 is 28.5. The summed E-state index contributed by atoms with van der Waals surface area (Å²) in [7, 11) is -4.00. The van der Waals surface area contributed by atoms with E-state index in [1.165, 1.54) is 11.2 Å². The molecule has 2 aromatic rings. The summed E-state index contributed by atoms with van der Waals surface area (Å²) in [5, 5.41) is 0.334. The molecule has 0 spiro atoms. The number of hydrogen-bond donors (Lipinski definition) is 1. The Morgan fingerprint density at radius 2 is 1.72 bits per heavy atom. The van der Waals surface area contributed by atoms with Gasteiger partial charge in [0.05, 0.1) is 5.52 Å². The largest absolute Gasteiger partial charge is 0.364 e. The van der Waals surface area contributed by atoms with Crippen molar-refractivity contribution in [1.82, 2.24) is 13.3 Å². The third kappa shape index (κ3) is 2.88. The Labute approximate surface area is 149 Å². The van der Waals surface area contributed by atoms with Crippen LogP contribution in [0.3, 0.4) is 0 Å². The minimum absolute atomic E-state index is 0.104. The number of benzene rings is 1. The van der Waals surface area contributed by atoms with E-state index in [0.29, 0.717) is 24.0 Å². The monoisotopic (exact) mass is 384 g/mol. The number of carbonyl (C=O) groups is 2. The Kier molecular flexibility index (Phi) is 4.48. The van der Waals surface area contributed by atoms with E-state index in [-0.39, 0.29) is 29.6 Å². The molecule has 0 radical (unpaired) electrons. The van der Waals surface area contributed by atoms with Gasteiger partial charge in [-0.25, -0.2) is 12.5 Å². The molecule has 2 amide bonds. The second-order valence-electron chi connectivity index (χ2n) is 5.75. The molecule has 1 aromatic carbocycles. The summed E-state index contributed by atoms with van der Waals surface area (Å²) in [5.74, 6) is -1.03. The van der Waals surface area contributed by atoms with Gasteiger partial charge in [-0.05, 0) is 6.07 Å². The van der Waals surface area contributed by atoms with E-state index in [2.05, 4.69) is 0 Å². The lowest BCUT2D eigenvalue weighted by molar-refractivity contribution is -0.129. The lowest BCUT2D eigenvalue weighted by Crippen LogP contribution is -2.50. The highest BCUT2D eigenvalue weighted by atomic mass is 35.5. The van der Waals surface area contributed by atoms with Gasteiger partial charge in [-0.2, -0.15) is 4.31 Å². The first-order valence-electron chi connectivity index (χ1n) is 7.60. The zero-order chi connectivity index (χ0) is 18.4. The van der Waals surface area contributed by atoms with Crippen molar-refractivity contribution >= 4 is 44.5 Å². The Morgan fingerprint density at radius 1 is 1.12 bits per heavy atom. The van der Waals surface area contributed by atoms with E-state index in [4.69, 9.17) is 17.5 Å². The molecular formula is C15H17ClN4O4S. The fraction of sp³-hybridized carbons (Fsp3) is 0.333. The molecule has 25 heavy (non-hydrogen) atoms. The number of fused-ring (bicyclic) bond motifs is 1. The molecule has 0 atom stereocenters. The number of halogens is 1. The molecule has 1 saturated heterocycles. The maximum atomic E-state index is 13.2. The first kappa shape index (κ1) is 17.7. The molecule has 0 aliphatic carbocycles. The Bertz CT molecular complexity index is 961. The molecule has 0 saturated carbocycles. The van der Waals surface area contributed by atoms with Crippen LogP contribution < -0.4 is 5.73 Å². The van der Waals surface area contributed by atoms with Crippen molar-refractivity contribution < 1.29 is 18.0 Å². The fourth-order valence-electron chi connectivity index (χ4n) is 3.02. The second kappa shape index (κ2) is 6.32. The van der Waals surface area contributed by atoms with Crippen molar-refractivity contribution in [2.24, 2.45) is 5.73 Å². The highest BCUT2D eigenvalue weighted by Gasteiger charge is 2.36. The van der Waals surface area contributed by atoms with Gasteiger partial charge in [0.1, 0.15) is 10.6 Å². The molecule has 0 unspecified atom stereocenters. The number of nitrogens with two attached hydrogens (primary N) is 1. The number of para-hydroxylation sites is 1. The summed E-state index contributed by atoms with van der Waals surface area (Å²) in [6, 6.07) is 6.55. The molecule has 1 aliphatic heterocycles. The molecule has 0 bridgehead atoms. The minimum Gasteiger partial charge on any atom is -0.364 e. The summed E-state index contributed by atoms with van der Waals surface area (Å²) in [5.41, 5.74) is 5.51. The van der Waals surface area contributed by atoms with E-state index in [0.717, 1.165) is 4.09 Å². The van der Waals surface area contributed by atoms with Crippen molar-refractivity contribution in [1.29, 1.82) is 0 Å². The summed E-state index contributed by atoms with van der Waals surface area (Å²) in [6.07, 6.45) is 0. The number of sulfonamides is 1. The maximum Gasteiger partial charge on any atom is 0.268 e. The summed E-state index contributed by atoms with van der Waals surface area (Å²) in [4.78, 5) is 24.7.